The van der Waals surface area contributed by atoms with E-state index in [2.05, 4.69) is 19.1 Å². The summed E-state index contributed by atoms with van der Waals surface area (Å²) in [6.07, 6.45) is 7.16. The number of hydrogen-bond acceptors (Lipinski definition) is 0. The van der Waals surface area contributed by atoms with Gasteiger partial charge < -0.3 is 0 Å². The van der Waals surface area contributed by atoms with Crippen LogP contribution in [-0.4, -0.2) is 7.85 Å². The highest BCUT2D eigenvalue weighted by atomic mass is 13.7. The Bertz CT molecular complexity index is 48.1. The normalized spacial score (nSPS) is 10.4. The maximum Gasteiger partial charge on any atom is 0.0657 e. The number of rotatable bonds is 3. The molecule has 0 amide bonds. The van der Waals surface area contributed by atoms with Gasteiger partial charge in [0.15, 0.2) is 0 Å². The Kier molecular flexibility index (Phi) is 5.64. The molecule has 0 rings (SSSR count). The smallest absolute Gasteiger partial charge is 0.0657 e. The van der Waals surface area contributed by atoms with Crippen molar-refractivity contribution >= 4 is 7.85 Å². The third kappa shape index (κ3) is 5.80. The van der Waals surface area contributed by atoms with Crippen molar-refractivity contribution in [1.29, 1.82) is 0 Å². The van der Waals surface area contributed by atoms with E-state index in [1.807, 2.05) is 0 Å². The molecule has 0 aliphatic rings. The Labute approximate surface area is 47.0 Å². The van der Waals surface area contributed by atoms with Gasteiger partial charge >= 0.3 is 0 Å². The third-order valence-electron chi connectivity index (χ3n) is 0.736. The molecule has 0 heterocycles. The van der Waals surface area contributed by atoms with Crippen molar-refractivity contribution in [2.24, 2.45) is 0 Å². The van der Waals surface area contributed by atoms with E-state index in [-0.39, 0.29) is 0 Å². The second-order valence-electron chi connectivity index (χ2n) is 1.46. The molecule has 0 fully saturated rings. The second kappa shape index (κ2) is 5.80. The van der Waals surface area contributed by atoms with E-state index in [9.17, 15) is 0 Å². The Morgan fingerprint density at radius 2 is 2.14 bits per heavy atom. The topological polar surface area (TPSA) is 0 Å². The molecule has 0 aromatic rings. The van der Waals surface area contributed by atoms with Crippen molar-refractivity contribution in [2.75, 3.05) is 0 Å². The summed E-state index contributed by atoms with van der Waals surface area (Å²) in [5.74, 6) is 0. The van der Waals surface area contributed by atoms with Gasteiger partial charge in [-0.1, -0.05) is 25.4 Å². The van der Waals surface area contributed by atoms with Crippen LogP contribution in [-0.2, 0) is 0 Å². The molecule has 38 valence electrons. The maximum atomic E-state index is 5.22. The molecule has 0 bridgehead atoms. The monoisotopic (exact) mass is 94.1 g/mol. The Balaban J connectivity index is 2.78. The van der Waals surface area contributed by atoms with Crippen LogP contribution in [0.5, 0.6) is 0 Å². The largest absolute Gasteiger partial charge is 0.0893 e. The van der Waals surface area contributed by atoms with Crippen LogP contribution in [0.25, 0.3) is 0 Å². The van der Waals surface area contributed by atoms with Crippen LogP contribution in [0.1, 0.15) is 19.8 Å². The molecule has 0 saturated heterocycles. The average Bonchev–Trinajstić information content (AvgIpc) is 1.69. The number of allylic oxidation sites excluding steroid dienone is 2. The molecular formula is C6H11B. The highest BCUT2D eigenvalue weighted by molar-refractivity contribution is 6.08. The van der Waals surface area contributed by atoms with E-state index in [0.29, 0.717) is 0 Å². The lowest BCUT2D eigenvalue weighted by Gasteiger charge is -1.79. The van der Waals surface area contributed by atoms with Crippen molar-refractivity contribution in [3.05, 3.63) is 12.2 Å². The van der Waals surface area contributed by atoms with E-state index < -0.39 is 0 Å². The van der Waals surface area contributed by atoms with E-state index >= 15 is 0 Å². The van der Waals surface area contributed by atoms with Crippen LogP contribution in [0.2, 0.25) is 6.32 Å². The van der Waals surface area contributed by atoms with E-state index in [0.717, 1.165) is 19.2 Å². The van der Waals surface area contributed by atoms with Crippen molar-refractivity contribution in [1.82, 2.24) is 0 Å². The Hall–Kier alpha value is -0.195. The van der Waals surface area contributed by atoms with Gasteiger partial charge in [0.1, 0.15) is 0 Å². The molecule has 7 heavy (non-hydrogen) atoms. The fourth-order valence-electron chi connectivity index (χ4n) is 0.381. The summed E-state index contributed by atoms with van der Waals surface area (Å²) in [4.78, 5) is 0. The van der Waals surface area contributed by atoms with Crippen molar-refractivity contribution in [2.45, 2.75) is 26.1 Å². The lowest BCUT2D eigenvalue weighted by Crippen LogP contribution is -1.62. The Morgan fingerprint density at radius 3 is 2.57 bits per heavy atom. The summed E-state index contributed by atoms with van der Waals surface area (Å²) in [7, 11) is 5.22. The first kappa shape index (κ1) is 6.80. The van der Waals surface area contributed by atoms with Gasteiger partial charge in [-0.2, -0.15) is 0 Å². The molecule has 0 atom stereocenters. The Morgan fingerprint density at radius 1 is 1.43 bits per heavy atom. The minimum absolute atomic E-state index is 0.774. The van der Waals surface area contributed by atoms with Crippen LogP contribution in [0.15, 0.2) is 12.2 Å². The SMILES string of the molecule is [B]CCC=CCC. The molecule has 0 aromatic heterocycles. The summed E-state index contributed by atoms with van der Waals surface area (Å²) in [5.41, 5.74) is 0. The van der Waals surface area contributed by atoms with Crippen molar-refractivity contribution in [3.63, 3.8) is 0 Å². The van der Waals surface area contributed by atoms with Crippen LogP contribution in [0.4, 0.5) is 0 Å². The third-order valence-corrected chi connectivity index (χ3v) is 0.736. The molecule has 2 radical (unpaired) electrons. The zero-order valence-electron chi connectivity index (χ0n) is 4.85. The molecule has 0 aliphatic carbocycles. The minimum Gasteiger partial charge on any atom is -0.0893 e. The zero-order valence-corrected chi connectivity index (χ0v) is 4.85. The van der Waals surface area contributed by atoms with Gasteiger partial charge in [0, 0.05) is 0 Å². The molecule has 0 aliphatic heterocycles. The average molecular weight is 94.0 g/mol. The quantitative estimate of drug-likeness (QED) is 0.370. The molecule has 0 N–H and O–H groups in total. The van der Waals surface area contributed by atoms with E-state index in [1.54, 1.807) is 0 Å². The number of hydrogen-bond donors (Lipinski definition) is 0. The molecule has 1 heteroatoms. The molecule has 0 aromatic carbocycles. The fraction of sp³-hybridized carbons (Fsp3) is 0.667. The van der Waals surface area contributed by atoms with Gasteiger partial charge in [0.2, 0.25) is 0 Å². The molecule has 0 spiro atoms. The van der Waals surface area contributed by atoms with Gasteiger partial charge in [-0.25, -0.2) is 0 Å². The molecular weight excluding hydrogens is 82.9 g/mol. The van der Waals surface area contributed by atoms with Gasteiger partial charge in [-0.15, -0.1) is 0 Å². The standard InChI is InChI=1S/C6H11B/c1-2-3-4-5-6-7/h3-4H,2,5-6H2,1H3. The fourth-order valence-corrected chi connectivity index (χ4v) is 0.381. The van der Waals surface area contributed by atoms with Crippen LogP contribution in [0, 0.1) is 0 Å². The second-order valence-corrected chi connectivity index (χ2v) is 1.46. The van der Waals surface area contributed by atoms with E-state index in [1.165, 1.54) is 0 Å². The highest BCUT2D eigenvalue weighted by Crippen LogP contribution is 1.87. The lowest BCUT2D eigenvalue weighted by atomic mass is 10.0. The lowest BCUT2D eigenvalue weighted by molar-refractivity contribution is 1.15. The summed E-state index contributed by atoms with van der Waals surface area (Å²) in [5, 5.41) is 0. The first-order valence-corrected chi connectivity index (χ1v) is 2.77. The highest BCUT2D eigenvalue weighted by Gasteiger charge is 1.68. The molecule has 0 unspecified atom stereocenters. The summed E-state index contributed by atoms with van der Waals surface area (Å²) >= 11 is 0. The maximum absolute atomic E-state index is 5.22. The van der Waals surface area contributed by atoms with Crippen LogP contribution < -0.4 is 0 Å². The summed E-state index contributed by atoms with van der Waals surface area (Å²) in [6, 6.07) is 0. The van der Waals surface area contributed by atoms with Crippen LogP contribution in [0.3, 0.4) is 0 Å². The van der Waals surface area contributed by atoms with Gasteiger partial charge in [-0.05, 0) is 12.8 Å². The van der Waals surface area contributed by atoms with Crippen LogP contribution >= 0.6 is 0 Å². The minimum atomic E-state index is 0.774. The van der Waals surface area contributed by atoms with Gasteiger partial charge in [-0.3, -0.25) is 0 Å². The zero-order chi connectivity index (χ0) is 5.54. The predicted molar refractivity (Wildman–Crippen MR) is 34.6 cm³/mol. The first-order chi connectivity index (χ1) is 3.41. The van der Waals surface area contributed by atoms with Crippen molar-refractivity contribution < 1.29 is 0 Å². The summed E-state index contributed by atoms with van der Waals surface area (Å²) in [6.45, 7) is 2.12. The molecule has 0 saturated carbocycles. The van der Waals surface area contributed by atoms with E-state index in [4.69, 9.17) is 7.85 Å². The summed E-state index contributed by atoms with van der Waals surface area (Å²) < 4.78 is 0. The predicted octanol–water partition coefficient (Wildman–Crippen LogP) is 1.93. The van der Waals surface area contributed by atoms with Gasteiger partial charge in [0.05, 0.1) is 7.85 Å². The van der Waals surface area contributed by atoms with Gasteiger partial charge in [0.25, 0.3) is 0 Å². The van der Waals surface area contributed by atoms with Crippen molar-refractivity contribution in [3.8, 4) is 0 Å². The first-order valence-electron chi connectivity index (χ1n) is 2.77. The molecule has 0 nitrogen and oxygen atoms in total.